The second-order valence-corrected chi connectivity index (χ2v) is 7.70. The molecular formula is C21H27N5O3. The van der Waals surface area contributed by atoms with Gasteiger partial charge in [-0.05, 0) is 31.0 Å². The number of amides is 1. The number of hydrogen-bond acceptors (Lipinski definition) is 7. The topological polar surface area (TPSA) is 90.8 Å². The lowest BCUT2D eigenvalue weighted by atomic mass is 9.90. The number of aromatic nitrogens is 2. The Labute approximate surface area is 170 Å². The third kappa shape index (κ3) is 5.09. The van der Waals surface area contributed by atoms with Gasteiger partial charge in [0.25, 0.3) is 5.91 Å². The number of hydrogen-bond donors (Lipinski definition) is 2. The van der Waals surface area contributed by atoms with Crippen molar-refractivity contribution in [3.05, 3.63) is 48.4 Å². The van der Waals surface area contributed by atoms with E-state index in [0.29, 0.717) is 43.9 Å². The summed E-state index contributed by atoms with van der Waals surface area (Å²) >= 11 is 0. The number of nitrogens with zero attached hydrogens (tertiary/aromatic N) is 4. The van der Waals surface area contributed by atoms with Crippen molar-refractivity contribution in [1.29, 1.82) is 0 Å². The molecule has 0 radical (unpaired) electrons. The van der Waals surface area contributed by atoms with Gasteiger partial charge in [-0.1, -0.05) is 6.07 Å². The summed E-state index contributed by atoms with van der Waals surface area (Å²) < 4.78 is 5.38. The number of piperidine rings is 1. The summed E-state index contributed by atoms with van der Waals surface area (Å²) in [7, 11) is 0. The second kappa shape index (κ2) is 8.86. The zero-order valence-corrected chi connectivity index (χ0v) is 16.5. The molecule has 8 heteroatoms. The van der Waals surface area contributed by atoms with Crippen LogP contribution in [-0.2, 0) is 4.74 Å². The van der Waals surface area contributed by atoms with Gasteiger partial charge in [-0.15, -0.1) is 0 Å². The first-order chi connectivity index (χ1) is 14.1. The van der Waals surface area contributed by atoms with Crippen LogP contribution in [0.5, 0.6) is 0 Å². The van der Waals surface area contributed by atoms with Crippen molar-refractivity contribution in [2.45, 2.75) is 18.4 Å². The highest BCUT2D eigenvalue weighted by Crippen LogP contribution is 2.25. The van der Waals surface area contributed by atoms with E-state index in [1.54, 1.807) is 18.6 Å². The summed E-state index contributed by atoms with van der Waals surface area (Å²) in [4.78, 5) is 25.3. The number of aliphatic hydroxyl groups is 1. The van der Waals surface area contributed by atoms with Crippen LogP contribution >= 0.6 is 0 Å². The minimum atomic E-state index is -0.733. The Kier molecular flexibility index (Phi) is 6.03. The van der Waals surface area contributed by atoms with Crippen LogP contribution in [-0.4, -0.2) is 82.3 Å². The van der Waals surface area contributed by atoms with Crippen LogP contribution in [0, 0.1) is 0 Å². The average Bonchev–Trinajstić information content (AvgIpc) is 2.75. The summed E-state index contributed by atoms with van der Waals surface area (Å²) in [6, 6.07) is 7.39. The van der Waals surface area contributed by atoms with E-state index < -0.39 is 5.60 Å². The lowest BCUT2D eigenvalue weighted by Crippen LogP contribution is -2.53. The highest BCUT2D eigenvalue weighted by Gasteiger charge is 2.36. The molecule has 2 aliphatic heterocycles. The molecule has 2 aliphatic rings. The van der Waals surface area contributed by atoms with Crippen LogP contribution in [0.15, 0.2) is 42.9 Å². The van der Waals surface area contributed by atoms with E-state index in [9.17, 15) is 9.90 Å². The quantitative estimate of drug-likeness (QED) is 0.790. The van der Waals surface area contributed by atoms with Crippen molar-refractivity contribution in [2.24, 2.45) is 0 Å². The number of carbonyl (C=O) groups excluding carboxylic acids is 1. The maximum atomic E-state index is 13.0. The van der Waals surface area contributed by atoms with Crippen molar-refractivity contribution < 1.29 is 14.6 Å². The fourth-order valence-electron chi connectivity index (χ4n) is 3.88. The van der Waals surface area contributed by atoms with Crippen molar-refractivity contribution in [3.63, 3.8) is 0 Å². The van der Waals surface area contributed by atoms with E-state index in [2.05, 4.69) is 20.2 Å². The van der Waals surface area contributed by atoms with Gasteiger partial charge >= 0.3 is 0 Å². The van der Waals surface area contributed by atoms with Gasteiger partial charge in [-0.3, -0.25) is 14.7 Å². The molecule has 0 unspecified atom stereocenters. The maximum absolute atomic E-state index is 13.0. The molecule has 1 aromatic heterocycles. The summed E-state index contributed by atoms with van der Waals surface area (Å²) in [5.74, 6) is 0.615. The van der Waals surface area contributed by atoms with Gasteiger partial charge in [0.2, 0.25) is 0 Å². The van der Waals surface area contributed by atoms with Crippen LogP contribution < -0.4 is 5.32 Å². The molecule has 8 nitrogen and oxygen atoms in total. The molecule has 1 amide bonds. The van der Waals surface area contributed by atoms with Gasteiger partial charge in [0.05, 0.1) is 25.0 Å². The fourth-order valence-corrected chi connectivity index (χ4v) is 3.88. The minimum Gasteiger partial charge on any atom is -0.388 e. The van der Waals surface area contributed by atoms with Crippen LogP contribution in [0.1, 0.15) is 23.2 Å². The summed E-state index contributed by atoms with van der Waals surface area (Å²) in [5, 5.41) is 14.1. The lowest BCUT2D eigenvalue weighted by molar-refractivity contribution is -0.0598. The van der Waals surface area contributed by atoms with E-state index in [0.717, 1.165) is 32.0 Å². The monoisotopic (exact) mass is 397 g/mol. The van der Waals surface area contributed by atoms with Gasteiger partial charge in [-0.25, -0.2) is 4.98 Å². The van der Waals surface area contributed by atoms with Gasteiger partial charge in [-0.2, -0.15) is 0 Å². The molecule has 2 aromatic rings. The molecule has 0 atom stereocenters. The van der Waals surface area contributed by atoms with Crippen LogP contribution in [0.4, 0.5) is 11.5 Å². The number of ether oxygens (including phenoxy) is 1. The zero-order valence-electron chi connectivity index (χ0n) is 16.5. The largest absolute Gasteiger partial charge is 0.388 e. The summed E-state index contributed by atoms with van der Waals surface area (Å²) in [6.45, 7) is 4.92. The third-order valence-electron chi connectivity index (χ3n) is 5.55. The molecule has 0 aliphatic carbocycles. The molecule has 3 heterocycles. The Morgan fingerprint density at radius 1 is 1.17 bits per heavy atom. The van der Waals surface area contributed by atoms with E-state index in [1.165, 1.54) is 0 Å². The second-order valence-electron chi connectivity index (χ2n) is 7.70. The maximum Gasteiger partial charge on any atom is 0.253 e. The molecule has 29 heavy (non-hydrogen) atoms. The number of carbonyl (C=O) groups is 1. The Bertz CT molecular complexity index is 818. The fraction of sp³-hybridized carbons (Fsp3) is 0.476. The number of β-amino-alcohol motifs (C(OH)–C–C–N with tert-alkyl or cyclic N) is 1. The van der Waals surface area contributed by atoms with Crippen molar-refractivity contribution >= 4 is 17.4 Å². The van der Waals surface area contributed by atoms with Gasteiger partial charge in [0.1, 0.15) is 5.82 Å². The van der Waals surface area contributed by atoms with Crippen molar-refractivity contribution in [3.8, 4) is 0 Å². The highest BCUT2D eigenvalue weighted by molar-refractivity contribution is 5.95. The summed E-state index contributed by atoms with van der Waals surface area (Å²) in [5.41, 5.74) is 0.679. The van der Waals surface area contributed by atoms with Gasteiger partial charge in [0, 0.05) is 56.4 Å². The van der Waals surface area contributed by atoms with Gasteiger partial charge in [0.15, 0.2) is 0 Å². The highest BCUT2D eigenvalue weighted by atomic mass is 16.5. The van der Waals surface area contributed by atoms with Crippen LogP contribution in [0.25, 0.3) is 0 Å². The molecule has 154 valence electrons. The molecule has 2 fully saturated rings. The first-order valence-electron chi connectivity index (χ1n) is 10.1. The van der Waals surface area contributed by atoms with E-state index in [1.807, 2.05) is 29.2 Å². The molecule has 0 spiro atoms. The Morgan fingerprint density at radius 2 is 1.97 bits per heavy atom. The van der Waals surface area contributed by atoms with Crippen LogP contribution in [0.3, 0.4) is 0 Å². The van der Waals surface area contributed by atoms with E-state index in [4.69, 9.17) is 4.74 Å². The Hall–Kier alpha value is -2.55. The molecular weight excluding hydrogens is 370 g/mol. The standard InChI is InChI=1S/C21H27N5O3/c27-20(17-2-1-3-18(14-17)24-19-15-22-6-7-23-19)26-8-4-21(28,5-9-26)16-25-10-12-29-13-11-25/h1-3,6-7,14-15,28H,4-5,8-13,16H2,(H,23,24). The minimum absolute atomic E-state index is 0.0128. The molecule has 2 N–H and O–H groups in total. The number of morpholine rings is 1. The predicted molar refractivity (Wildman–Crippen MR) is 109 cm³/mol. The smallest absolute Gasteiger partial charge is 0.253 e. The zero-order chi connectivity index (χ0) is 20.1. The Balaban J connectivity index is 1.35. The predicted octanol–water partition coefficient (Wildman–Crippen LogP) is 1.52. The molecule has 2 saturated heterocycles. The number of benzene rings is 1. The summed E-state index contributed by atoms with van der Waals surface area (Å²) in [6.07, 6.45) is 6.04. The first-order valence-corrected chi connectivity index (χ1v) is 10.1. The Morgan fingerprint density at radius 3 is 2.69 bits per heavy atom. The average molecular weight is 397 g/mol. The number of nitrogens with one attached hydrogen (secondary N) is 1. The normalized spacial score (nSPS) is 19.7. The van der Waals surface area contributed by atoms with Crippen LogP contribution in [0.2, 0.25) is 0 Å². The number of rotatable bonds is 5. The number of likely N-dealkylation sites (tertiary alicyclic amines) is 1. The van der Waals surface area contributed by atoms with E-state index >= 15 is 0 Å². The molecule has 4 rings (SSSR count). The van der Waals surface area contributed by atoms with Crippen molar-refractivity contribution in [2.75, 3.05) is 51.3 Å². The van der Waals surface area contributed by atoms with E-state index in [-0.39, 0.29) is 5.91 Å². The lowest BCUT2D eigenvalue weighted by Gasteiger charge is -2.41. The van der Waals surface area contributed by atoms with Gasteiger partial charge < -0.3 is 20.1 Å². The molecule has 1 aromatic carbocycles. The SMILES string of the molecule is O=C(c1cccc(Nc2cnccn2)c1)N1CCC(O)(CN2CCOCC2)CC1. The van der Waals surface area contributed by atoms with Crippen molar-refractivity contribution in [1.82, 2.24) is 19.8 Å². The first kappa shape index (κ1) is 19.8. The molecule has 0 bridgehead atoms. The number of anilines is 2. The third-order valence-corrected chi connectivity index (χ3v) is 5.55. The molecule has 0 saturated carbocycles.